The lowest BCUT2D eigenvalue weighted by Gasteiger charge is -2.31. The highest BCUT2D eigenvalue weighted by molar-refractivity contribution is 6.31. The van der Waals surface area contributed by atoms with Crippen molar-refractivity contribution in [2.45, 2.75) is 33.1 Å². The van der Waals surface area contributed by atoms with Crippen molar-refractivity contribution in [1.29, 1.82) is 0 Å². The Morgan fingerprint density at radius 2 is 2.00 bits per heavy atom. The lowest BCUT2D eigenvalue weighted by atomic mass is 9.73. The monoisotopic (exact) mass is 250 g/mol. The maximum Gasteiger partial charge on any atom is 0.166 e. The largest absolute Gasteiger partial charge is 0.294 e. The van der Waals surface area contributed by atoms with Crippen LogP contribution in [0.5, 0.6) is 0 Å². The quantitative estimate of drug-likeness (QED) is 0.702. The van der Waals surface area contributed by atoms with Crippen molar-refractivity contribution in [3.8, 4) is 0 Å². The molecule has 0 heterocycles. The molecular weight excluding hydrogens is 232 g/mol. The second kappa shape index (κ2) is 5.22. The second-order valence-electron chi connectivity index (χ2n) is 5.34. The van der Waals surface area contributed by atoms with Crippen LogP contribution in [-0.4, -0.2) is 5.78 Å². The summed E-state index contributed by atoms with van der Waals surface area (Å²) < 4.78 is 0. The van der Waals surface area contributed by atoms with Crippen molar-refractivity contribution in [2.75, 3.05) is 0 Å². The Morgan fingerprint density at radius 1 is 1.24 bits per heavy atom. The summed E-state index contributed by atoms with van der Waals surface area (Å²) in [4.78, 5) is 12.3. The van der Waals surface area contributed by atoms with E-state index >= 15 is 0 Å². The fourth-order valence-corrected chi connectivity index (χ4v) is 2.85. The predicted molar refractivity (Wildman–Crippen MR) is 71.5 cm³/mol. The Hall–Kier alpha value is -0.820. The van der Waals surface area contributed by atoms with Gasteiger partial charge in [0.05, 0.1) is 0 Å². The van der Waals surface area contributed by atoms with Gasteiger partial charge in [0.2, 0.25) is 0 Å². The molecule has 1 aliphatic carbocycles. The molecule has 0 saturated heterocycles. The average molecular weight is 251 g/mol. The molecule has 0 N–H and O–H groups in total. The number of ketones is 1. The lowest BCUT2D eigenvalue weighted by molar-refractivity contribution is 0.0837. The van der Waals surface area contributed by atoms with E-state index in [1.54, 1.807) is 6.07 Å². The molecule has 2 rings (SSSR count). The normalized spacial score (nSPS) is 29.0. The van der Waals surface area contributed by atoms with Gasteiger partial charge < -0.3 is 0 Å². The van der Waals surface area contributed by atoms with Crippen LogP contribution in [0, 0.1) is 17.8 Å². The highest BCUT2D eigenvalue weighted by atomic mass is 35.5. The van der Waals surface area contributed by atoms with Gasteiger partial charge in [0.1, 0.15) is 0 Å². The van der Waals surface area contributed by atoms with E-state index in [0.717, 1.165) is 30.7 Å². The third-order valence-electron chi connectivity index (χ3n) is 4.08. The molecule has 0 spiro atoms. The van der Waals surface area contributed by atoms with Gasteiger partial charge in [-0.25, -0.2) is 0 Å². The number of rotatable bonds is 2. The number of hydrogen-bond acceptors (Lipinski definition) is 1. The van der Waals surface area contributed by atoms with E-state index in [1.165, 1.54) is 0 Å². The van der Waals surface area contributed by atoms with Crippen LogP contribution < -0.4 is 0 Å². The highest BCUT2D eigenvalue weighted by Crippen LogP contribution is 2.35. The first-order valence-corrected chi connectivity index (χ1v) is 6.75. The summed E-state index contributed by atoms with van der Waals surface area (Å²) in [6, 6.07) is 7.32. The number of halogens is 1. The topological polar surface area (TPSA) is 17.1 Å². The molecule has 1 aliphatic rings. The van der Waals surface area contributed by atoms with Crippen LogP contribution in [0.1, 0.15) is 43.5 Å². The molecule has 92 valence electrons. The van der Waals surface area contributed by atoms with E-state index in [4.69, 9.17) is 11.6 Å². The van der Waals surface area contributed by atoms with Gasteiger partial charge in [-0.3, -0.25) is 4.79 Å². The lowest BCUT2D eigenvalue weighted by Crippen LogP contribution is -2.26. The number of carbonyl (C=O) groups excluding carboxylic acids is 1. The second-order valence-corrected chi connectivity index (χ2v) is 5.78. The van der Waals surface area contributed by atoms with Gasteiger partial charge >= 0.3 is 0 Å². The van der Waals surface area contributed by atoms with Crippen molar-refractivity contribution in [3.05, 3.63) is 34.9 Å². The molecule has 2 heteroatoms. The van der Waals surface area contributed by atoms with Gasteiger partial charge in [-0.2, -0.15) is 0 Å². The first kappa shape index (κ1) is 12.6. The molecule has 0 aliphatic heterocycles. The third-order valence-corrected chi connectivity index (χ3v) is 4.31. The molecule has 0 radical (unpaired) electrons. The summed E-state index contributed by atoms with van der Waals surface area (Å²) in [6.45, 7) is 4.53. The first-order chi connectivity index (χ1) is 8.08. The van der Waals surface area contributed by atoms with Crippen molar-refractivity contribution in [2.24, 2.45) is 17.8 Å². The number of carbonyl (C=O) groups is 1. The number of hydrogen-bond donors (Lipinski definition) is 0. The zero-order chi connectivity index (χ0) is 12.4. The Labute approximate surface area is 108 Å². The maximum atomic E-state index is 12.3. The van der Waals surface area contributed by atoms with E-state index in [9.17, 15) is 4.79 Å². The van der Waals surface area contributed by atoms with Crippen LogP contribution in [0.2, 0.25) is 5.02 Å². The van der Waals surface area contributed by atoms with Crippen molar-refractivity contribution in [1.82, 2.24) is 0 Å². The van der Waals surface area contributed by atoms with Crippen LogP contribution in [0.25, 0.3) is 0 Å². The zero-order valence-electron chi connectivity index (χ0n) is 10.4. The van der Waals surface area contributed by atoms with Gasteiger partial charge in [0.15, 0.2) is 5.78 Å². The molecule has 0 amide bonds. The Kier molecular flexibility index (Phi) is 3.88. The summed E-state index contributed by atoms with van der Waals surface area (Å²) in [5.74, 6) is 1.86. The van der Waals surface area contributed by atoms with Crippen LogP contribution in [-0.2, 0) is 0 Å². The molecule has 3 unspecified atom stereocenters. The Morgan fingerprint density at radius 3 is 2.65 bits per heavy atom. The van der Waals surface area contributed by atoms with E-state index in [-0.39, 0.29) is 11.7 Å². The third kappa shape index (κ3) is 2.90. The van der Waals surface area contributed by atoms with Crippen molar-refractivity contribution < 1.29 is 4.79 Å². The summed E-state index contributed by atoms with van der Waals surface area (Å²) >= 11 is 5.93. The summed E-state index contributed by atoms with van der Waals surface area (Å²) in [5, 5.41) is 0.646. The zero-order valence-corrected chi connectivity index (χ0v) is 11.2. The Bertz CT molecular complexity index is 413. The predicted octanol–water partition coefficient (Wildman–Crippen LogP) is 4.60. The van der Waals surface area contributed by atoms with Gasteiger partial charge in [0, 0.05) is 16.5 Å². The minimum Gasteiger partial charge on any atom is -0.294 e. The van der Waals surface area contributed by atoms with E-state index in [2.05, 4.69) is 13.8 Å². The van der Waals surface area contributed by atoms with Crippen molar-refractivity contribution >= 4 is 17.4 Å². The summed E-state index contributed by atoms with van der Waals surface area (Å²) in [6.07, 6.45) is 3.21. The molecular formula is C15H19ClO. The average Bonchev–Trinajstić information content (AvgIpc) is 2.32. The van der Waals surface area contributed by atoms with Crippen molar-refractivity contribution in [3.63, 3.8) is 0 Å². The van der Waals surface area contributed by atoms with Crippen LogP contribution in [0.15, 0.2) is 24.3 Å². The van der Waals surface area contributed by atoms with Crippen LogP contribution in [0.3, 0.4) is 0 Å². The molecule has 17 heavy (non-hydrogen) atoms. The first-order valence-electron chi connectivity index (χ1n) is 6.37. The van der Waals surface area contributed by atoms with Crippen LogP contribution in [0.4, 0.5) is 0 Å². The fraction of sp³-hybridized carbons (Fsp3) is 0.533. The number of Topliss-reactive ketones (excluding diaryl/α,β-unsaturated/α-hetero) is 1. The Balaban J connectivity index is 2.10. The summed E-state index contributed by atoms with van der Waals surface area (Å²) in [5.41, 5.74) is 0.768. The molecule has 0 aromatic heterocycles. The van der Waals surface area contributed by atoms with Crippen LogP contribution >= 0.6 is 11.6 Å². The van der Waals surface area contributed by atoms with E-state index in [0.29, 0.717) is 10.9 Å². The molecule has 0 bridgehead atoms. The molecule has 1 saturated carbocycles. The smallest absolute Gasteiger partial charge is 0.166 e. The van der Waals surface area contributed by atoms with E-state index < -0.39 is 0 Å². The molecule has 1 aromatic carbocycles. The molecule has 1 aromatic rings. The van der Waals surface area contributed by atoms with Gasteiger partial charge in [-0.15, -0.1) is 0 Å². The number of benzene rings is 1. The minimum atomic E-state index is 0.194. The SMILES string of the molecule is CC1CCC(C(=O)c2cccc(Cl)c2)CC1C. The minimum absolute atomic E-state index is 0.194. The fourth-order valence-electron chi connectivity index (χ4n) is 2.66. The standard InChI is InChI=1S/C15H19ClO/c1-10-6-7-13(8-11(10)2)15(17)12-4-3-5-14(16)9-12/h3-5,9-11,13H,6-8H2,1-2H3. The van der Waals surface area contributed by atoms with Gasteiger partial charge in [-0.1, -0.05) is 37.6 Å². The molecule has 3 atom stereocenters. The van der Waals surface area contributed by atoms with Gasteiger partial charge in [0.25, 0.3) is 0 Å². The molecule has 1 nitrogen and oxygen atoms in total. The summed E-state index contributed by atoms with van der Waals surface area (Å²) in [7, 11) is 0. The molecule has 1 fully saturated rings. The maximum absolute atomic E-state index is 12.3. The van der Waals surface area contributed by atoms with E-state index in [1.807, 2.05) is 18.2 Å². The highest BCUT2D eigenvalue weighted by Gasteiger charge is 2.29. The van der Waals surface area contributed by atoms with Gasteiger partial charge in [-0.05, 0) is 43.2 Å².